The van der Waals surface area contributed by atoms with Gasteiger partial charge in [-0.2, -0.15) is 5.26 Å². The third-order valence-electron chi connectivity index (χ3n) is 3.57. The van der Waals surface area contributed by atoms with Crippen LogP contribution in [0.3, 0.4) is 0 Å². The van der Waals surface area contributed by atoms with Crippen LogP contribution in [0.4, 0.5) is 0 Å². The summed E-state index contributed by atoms with van der Waals surface area (Å²) >= 11 is 5.78. The van der Waals surface area contributed by atoms with E-state index in [1.54, 1.807) is 42.5 Å². The van der Waals surface area contributed by atoms with Crippen molar-refractivity contribution in [2.45, 2.75) is 6.92 Å². The number of esters is 1. The number of ether oxygens (including phenoxy) is 2. The number of carbonyl (C=O) groups excluding carboxylic acids is 2. The fourth-order valence-electron chi connectivity index (χ4n) is 2.12. The highest BCUT2D eigenvalue weighted by molar-refractivity contribution is 6.30. The molecule has 2 rings (SSSR count). The van der Waals surface area contributed by atoms with Gasteiger partial charge in [-0.05, 0) is 42.8 Å². The van der Waals surface area contributed by atoms with Crippen molar-refractivity contribution in [2.24, 2.45) is 0 Å². The normalized spacial score (nSPS) is 10.7. The molecule has 6 nitrogen and oxygen atoms in total. The highest BCUT2D eigenvalue weighted by Crippen LogP contribution is 2.15. The highest BCUT2D eigenvalue weighted by Gasteiger charge is 2.13. The molecule has 7 heteroatoms. The number of aryl methyl sites for hydroxylation is 1. The topological polar surface area (TPSA) is 88.4 Å². The number of carbonyl (C=O) groups is 2. The Balaban J connectivity index is 1.73. The number of nitriles is 1. The monoisotopic (exact) mass is 398 g/mol. The molecular formula is C21H19ClN2O4. The Hall–Kier alpha value is -3.30. The molecular weight excluding hydrogens is 380 g/mol. The molecule has 1 N–H and O–H groups in total. The number of nitrogens with one attached hydrogen (secondary N) is 1. The first kappa shape index (κ1) is 21.0. The second-order valence-corrected chi connectivity index (χ2v) is 6.25. The predicted octanol–water partition coefficient (Wildman–Crippen LogP) is 3.29. The van der Waals surface area contributed by atoms with Gasteiger partial charge in [-0.3, -0.25) is 4.79 Å². The summed E-state index contributed by atoms with van der Waals surface area (Å²) in [5.74, 6) is -0.707. The van der Waals surface area contributed by atoms with Crippen LogP contribution in [-0.2, 0) is 14.3 Å². The van der Waals surface area contributed by atoms with Crippen molar-refractivity contribution in [1.82, 2.24) is 5.32 Å². The van der Waals surface area contributed by atoms with Gasteiger partial charge in [-0.25, -0.2) is 4.79 Å². The lowest BCUT2D eigenvalue weighted by molar-refractivity contribution is -0.144. The number of benzene rings is 2. The van der Waals surface area contributed by atoms with E-state index in [-0.39, 0.29) is 18.7 Å². The summed E-state index contributed by atoms with van der Waals surface area (Å²) < 4.78 is 10.3. The van der Waals surface area contributed by atoms with E-state index >= 15 is 0 Å². The number of hydrogen-bond acceptors (Lipinski definition) is 5. The molecule has 0 bridgehead atoms. The summed E-state index contributed by atoms with van der Waals surface area (Å²) in [6.07, 6.45) is 1.42. The maximum absolute atomic E-state index is 12.0. The molecule has 2 aromatic rings. The van der Waals surface area contributed by atoms with Gasteiger partial charge in [0.05, 0.1) is 6.54 Å². The smallest absolute Gasteiger partial charge is 0.349 e. The number of amides is 1. The molecule has 0 aliphatic heterocycles. The van der Waals surface area contributed by atoms with E-state index in [0.29, 0.717) is 16.3 Å². The van der Waals surface area contributed by atoms with Crippen LogP contribution in [0.5, 0.6) is 5.75 Å². The molecule has 0 spiro atoms. The zero-order chi connectivity index (χ0) is 20.4. The van der Waals surface area contributed by atoms with Crippen molar-refractivity contribution >= 4 is 29.6 Å². The molecule has 28 heavy (non-hydrogen) atoms. The van der Waals surface area contributed by atoms with Crippen LogP contribution in [0, 0.1) is 18.3 Å². The molecule has 144 valence electrons. The van der Waals surface area contributed by atoms with Crippen LogP contribution in [0.1, 0.15) is 11.1 Å². The van der Waals surface area contributed by atoms with Gasteiger partial charge in [0.15, 0.2) is 6.61 Å². The van der Waals surface area contributed by atoms with E-state index < -0.39 is 18.5 Å². The number of hydrogen-bond donors (Lipinski definition) is 1. The molecule has 0 atom stereocenters. The van der Waals surface area contributed by atoms with Gasteiger partial charge < -0.3 is 14.8 Å². The van der Waals surface area contributed by atoms with Crippen LogP contribution in [0.2, 0.25) is 5.02 Å². The minimum Gasteiger partial charge on any atom is -0.492 e. The van der Waals surface area contributed by atoms with E-state index in [4.69, 9.17) is 26.3 Å². The minimum absolute atomic E-state index is 0.178. The maximum Gasteiger partial charge on any atom is 0.349 e. The van der Waals surface area contributed by atoms with Gasteiger partial charge in [0.1, 0.15) is 24.0 Å². The van der Waals surface area contributed by atoms with Gasteiger partial charge in [0, 0.05) is 5.02 Å². The number of nitrogens with zero attached hydrogens (tertiary/aromatic N) is 1. The van der Waals surface area contributed by atoms with Crippen LogP contribution in [0.15, 0.2) is 54.1 Å². The Morgan fingerprint density at radius 2 is 1.82 bits per heavy atom. The van der Waals surface area contributed by atoms with E-state index in [9.17, 15) is 9.59 Å². The lowest BCUT2D eigenvalue weighted by Gasteiger charge is -2.08. The van der Waals surface area contributed by atoms with E-state index in [0.717, 1.165) is 5.56 Å². The summed E-state index contributed by atoms with van der Waals surface area (Å²) in [6.45, 7) is 1.94. The van der Waals surface area contributed by atoms with Gasteiger partial charge in [0.2, 0.25) is 0 Å². The summed E-state index contributed by atoms with van der Waals surface area (Å²) in [4.78, 5) is 23.7. The molecule has 0 radical (unpaired) electrons. The summed E-state index contributed by atoms with van der Waals surface area (Å²) in [5, 5.41) is 12.3. The molecule has 0 unspecified atom stereocenters. The number of halogens is 1. The van der Waals surface area contributed by atoms with Gasteiger partial charge in [0.25, 0.3) is 5.91 Å². The van der Waals surface area contributed by atoms with E-state index in [2.05, 4.69) is 5.32 Å². The fraction of sp³-hybridized carbons (Fsp3) is 0.190. The van der Waals surface area contributed by atoms with Gasteiger partial charge in [-0.1, -0.05) is 41.4 Å². The van der Waals surface area contributed by atoms with Crippen LogP contribution in [0.25, 0.3) is 6.08 Å². The lowest BCUT2D eigenvalue weighted by Crippen LogP contribution is -2.32. The Morgan fingerprint density at radius 1 is 1.14 bits per heavy atom. The first-order chi connectivity index (χ1) is 13.5. The zero-order valence-electron chi connectivity index (χ0n) is 15.3. The first-order valence-electron chi connectivity index (χ1n) is 8.48. The molecule has 0 heterocycles. The van der Waals surface area contributed by atoms with Crippen LogP contribution < -0.4 is 10.1 Å². The van der Waals surface area contributed by atoms with Gasteiger partial charge >= 0.3 is 5.97 Å². The van der Waals surface area contributed by atoms with Crippen molar-refractivity contribution in [3.63, 3.8) is 0 Å². The van der Waals surface area contributed by atoms with Gasteiger partial charge in [-0.15, -0.1) is 0 Å². The number of rotatable bonds is 8. The molecule has 0 saturated heterocycles. The summed E-state index contributed by atoms with van der Waals surface area (Å²) in [5.41, 5.74) is 1.58. The average molecular weight is 399 g/mol. The third-order valence-corrected chi connectivity index (χ3v) is 3.82. The zero-order valence-corrected chi connectivity index (χ0v) is 16.0. The Kier molecular flexibility index (Phi) is 8.07. The lowest BCUT2D eigenvalue weighted by atomic mass is 10.1. The molecule has 0 aliphatic rings. The largest absolute Gasteiger partial charge is 0.492 e. The van der Waals surface area contributed by atoms with Crippen LogP contribution >= 0.6 is 11.6 Å². The Labute approximate surface area is 168 Å². The van der Waals surface area contributed by atoms with Crippen molar-refractivity contribution in [3.8, 4) is 11.8 Å². The minimum atomic E-state index is -0.851. The SMILES string of the molecule is Cc1ccc(/C=C(\C#N)C(=O)OCC(=O)NCCOc2ccc(Cl)cc2)cc1. The van der Waals surface area contributed by atoms with Crippen LogP contribution in [-0.4, -0.2) is 31.6 Å². The second-order valence-electron chi connectivity index (χ2n) is 5.81. The summed E-state index contributed by atoms with van der Waals surface area (Å²) in [7, 11) is 0. The third kappa shape index (κ3) is 7.14. The van der Waals surface area contributed by atoms with Crippen molar-refractivity contribution < 1.29 is 19.1 Å². The molecule has 0 saturated carbocycles. The Morgan fingerprint density at radius 3 is 2.46 bits per heavy atom. The van der Waals surface area contributed by atoms with E-state index in [1.807, 2.05) is 19.1 Å². The van der Waals surface area contributed by atoms with Crippen molar-refractivity contribution in [1.29, 1.82) is 5.26 Å². The predicted molar refractivity (Wildman–Crippen MR) is 106 cm³/mol. The molecule has 0 aromatic heterocycles. The molecule has 1 amide bonds. The molecule has 0 fully saturated rings. The van der Waals surface area contributed by atoms with Crippen molar-refractivity contribution in [2.75, 3.05) is 19.8 Å². The highest BCUT2D eigenvalue weighted by atomic mass is 35.5. The fourth-order valence-corrected chi connectivity index (χ4v) is 2.24. The molecule has 2 aromatic carbocycles. The average Bonchev–Trinajstić information content (AvgIpc) is 2.70. The second kappa shape index (κ2) is 10.8. The van der Waals surface area contributed by atoms with E-state index in [1.165, 1.54) is 6.08 Å². The Bertz CT molecular complexity index is 884. The maximum atomic E-state index is 12.0. The molecule has 0 aliphatic carbocycles. The first-order valence-corrected chi connectivity index (χ1v) is 8.86. The van der Waals surface area contributed by atoms with Crippen molar-refractivity contribution in [3.05, 3.63) is 70.3 Å². The summed E-state index contributed by atoms with van der Waals surface area (Å²) in [6, 6.07) is 15.9. The quantitative estimate of drug-likeness (QED) is 0.319. The standard InChI is InChI=1S/C21H19ClN2O4/c1-15-2-4-16(5-3-15)12-17(13-23)21(26)28-14-20(25)24-10-11-27-19-8-6-18(22)7-9-19/h2-9,12H,10-11,14H2,1H3,(H,24,25)/b17-12+.